The number of benzene rings is 1. The van der Waals surface area contributed by atoms with Crippen LogP contribution in [-0.2, 0) is 19.2 Å². The molecule has 3 N–H and O–H groups in total. The number of carbonyl (C=O) groups is 4. The van der Waals surface area contributed by atoms with Gasteiger partial charge >= 0.3 is 0 Å². The Kier molecular flexibility index (Phi) is 11.6. The summed E-state index contributed by atoms with van der Waals surface area (Å²) in [5, 5.41) is 12.4. The number of aliphatic hydroxyl groups is 1. The number of alkyl halides is 1. The number of hydrogen-bond acceptors (Lipinski definition) is 6. The van der Waals surface area contributed by atoms with Crippen LogP contribution in [0.1, 0.15) is 64.7 Å². The molecule has 4 amide bonds. The molecule has 2 atom stereocenters. The summed E-state index contributed by atoms with van der Waals surface area (Å²) in [6.45, 7) is 4.02. The van der Waals surface area contributed by atoms with Gasteiger partial charge in [-0.3, -0.25) is 24.1 Å². The number of carbonyl (C=O) groups excluding carboxylic acids is 4. The third-order valence-electron chi connectivity index (χ3n) is 7.12. The molecular weight excluding hydrogens is 567 g/mol. The lowest BCUT2D eigenvalue weighted by molar-refractivity contribution is -0.140. The Morgan fingerprint density at radius 2 is 1.81 bits per heavy atom. The van der Waals surface area contributed by atoms with E-state index in [4.69, 9.17) is 0 Å². The van der Waals surface area contributed by atoms with E-state index in [1.807, 2.05) is 20.8 Å². The normalized spacial score (nSPS) is 14.7. The van der Waals surface area contributed by atoms with Crippen molar-refractivity contribution in [2.75, 3.05) is 26.4 Å². The van der Waals surface area contributed by atoms with Crippen LogP contribution in [0.15, 0.2) is 36.5 Å². The zero-order valence-corrected chi connectivity index (χ0v) is 24.5. The number of hydrogen-bond donors (Lipinski definition) is 3. The molecule has 0 radical (unpaired) electrons. The second-order valence-electron chi connectivity index (χ2n) is 11.5. The van der Waals surface area contributed by atoms with Gasteiger partial charge in [-0.05, 0) is 42.9 Å². The minimum atomic E-state index is -0.901. The van der Waals surface area contributed by atoms with Crippen molar-refractivity contribution in [3.05, 3.63) is 54.0 Å². The van der Waals surface area contributed by atoms with E-state index < -0.39 is 48.3 Å². The van der Waals surface area contributed by atoms with Crippen molar-refractivity contribution >= 4 is 23.6 Å². The van der Waals surface area contributed by atoms with Crippen molar-refractivity contribution in [2.45, 2.75) is 65.0 Å². The third kappa shape index (κ3) is 8.99. The van der Waals surface area contributed by atoms with Gasteiger partial charge in [-0.1, -0.05) is 27.2 Å². The van der Waals surface area contributed by atoms with E-state index in [2.05, 4.69) is 15.3 Å². The molecule has 0 spiro atoms. The Bertz CT molecular complexity index is 1320. The van der Waals surface area contributed by atoms with E-state index in [0.29, 0.717) is 19.3 Å². The van der Waals surface area contributed by atoms with Crippen molar-refractivity contribution in [3.8, 4) is 11.3 Å². The molecule has 1 aliphatic rings. The fourth-order valence-corrected chi connectivity index (χ4v) is 5.00. The molecule has 234 valence electrons. The number of unbranched alkanes of at least 4 members (excludes halogenated alkanes) is 2. The number of rotatable bonds is 15. The highest BCUT2D eigenvalue weighted by atomic mass is 19.1. The highest BCUT2D eigenvalue weighted by Gasteiger charge is 2.37. The van der Waals surface area contributed by atoms with Crippen LogP contribution in [0.3, 0.4) is 0 Å². The smallest absolute Gasteiger partial charge is 0.253 e. The van der Waals surface area contributed by atoms with Gasteiger partial charge in [0.25, 0.3) is 11.8 Å². The summed E-state index contributed by atoms with van der Waals surface area (Å²) in [7, 11) is 0. The number of halogens is 3. The van der Waals surface area contributed by atoms with Gasteiger partial charge in [-0.25, -0.2) is 18.2 Å². The molecule has 0 aliphatic carbocycles. The maximum atomic E-state index is 14.4. The van der Waals surface area contributed by atoms with E-state index in [1.54, 1.807) is 0 Å². The summed E-state index contributed by atoms with van der Waals surface area (Å²) in [6.07, 6.45) is 5.51. The van der Waals surface area contributed by atoms with Gasteiger partial charge in [-0.15, -0.1) is 0 Å². The van der Waals surface area contributed by atoms with E-state index in [0.717, 1.165) is 23.1 Å². The van der Waals surface area contributed by atoms with Gasteiger partial charge in [0.15, 0.2) is 0 Å². The topological polar surface area (TPSA) is 136 Å². The standard InChI is InChI=1S/C30H38F3N5O5/c1-30(2,3)28(29-34-17-23(36-29)21-15-19(32)8-9-22(21)33)38(27(43)18-39)14-12-20(16-31)35-24(40)7-5-4-6-13-37-25(41)10-11-26(37)42/h8-11,15,17,20,28,39H,4-7,12-14,16,18H2,1-3H3,(H,34,36)(H,35,40). The number of imide groups is 1. The number of aromatic nitrogens is 2. The largest absolute Gasteiger partial charge is 0.387 e. The lowest BCUT2D eigenvalue weighted by atomic mass is 9.84. The number of aliphatic hydroxyl groups excluding tert-OH is 1. The molecule has 1 aromatic carbocycles. The molecule has 1 aromatic heterocycles. The minimum absolute atomic E-state index is 0.0352. The first-order valence-corrected chi connectivity index (χ1v) is 14.1. The maximum Gasteiger partial charge on any atom is 0.253 e. The summed E-state index contributed by atoms with van der Waals surface area (Å²) in [5.74, 6) is -2.77. The van der Waals surface area contributed by atoms with Crippen LogP contribution in [0.25, 0.3) is 11.3 Å². The molecule has 10 nitrogen and oxygen atoms in total. The number of aromatic amines is 1. The second-order valence-corrected chi connectivity index (χ2v) is 11.5. The lowest BCUT2D eigenvalue weighted by Crippen LogP contribution is -2.46. The van der Waals surface area contributed by atoms with Crippen molar-refractivity contribution in [1.29, 1.82) is 0 Å². The van der Waals surface area contributed by atoms with Gasteiger partial charge < -0.3 is 20.3 Å². The predicted octanol–water partition coefficient (Wildman–Crippen LogP) is 3.59. The average molecular weight is 606 g/mol. The fraction of sp³-hybridized carbons (Fsp3) is 0.500. The summed E-state index contributed by atoms with van der Waals surface area (Å²) in [4.78, 5) is 58.3. The third-order valence-corrected chi connectivity index (χ3v) is 7.12. The van der Waals surface area contributed by atoms with Crippen LogP contribution in [0.2, 0.25) is 0 Å². The van der Waals surface area contributed by atoms with E-state index >= 15 is 0 Å². The molecular formula is C30H38F3N5O5. The number of H-pyrrole nitrogens is 1. The van der Waals surface area contributed by atoms with E-state index in [9.17, 15) is 37.5 Å². The Morgan fingerprint density at radius 1 is 1.12 bits per heavy atom. The maximum absolute atomic E-state index is 14.4. The van der Waals surface area contributed by atoms with Gasteiger partial charge in [0, 0.05) is 37.2 Å². The summed E-state index contributed by atoms with van der Waals surface area (Å²) >= 11 is 0. The molecule has 0 bridgehead atoms. The first kappa shape index (κ1) is 33.5. The Balaban J connectivity index is 1.62. The second kappa shape index (κ2) is 14.9. The highest BCUT2D eigenvalue weighted by Crippen LogP contribution is 2.38. The minimum Gasteiger partial charge on any atom is -0.387 e. The first-order valence-electron chi connectivity index (χ1n) is 14.1. The first-order chi connectivity index (χ1) is 20.3. The van der Waals surface area contributed by atoms with Crippen molar-refractivity contribution in [2.24, 2.45) is 5.41 Å². The fourth-order valence-electron chi connectivity index (χ4n) is 5.00. The average Bonchev–Trinajstić information content (AvgIpc) is 3.56. The zero-order chi connectivity index (χ0) is 31.7. The Hall–Kier alpha value is -4.00. The van der Waals surface area contributed by atoms with Crippen LogP contribution < -0.4 is 5.32 Å². The predicted molar refractivity (Wildman–Crippen MR) is 152 cm³/mol. The molecule has 1 aliphatic heterocycles. The van der Waals surface area contributed by atoms with Gasteiger partial charge in [0.2, 0.25) is 11.8 Å². The molecule has 2 heterocycles. The van der Waals surface area contributed by atoms with Crippen molar-refractivity contribution in [1.82, 2.24) is 25.1 Å². The summed E-state index contributed by atoms with van der Waals surface area (Å²) < 4.78 is 42.1. The Labute approximate surface area is 248 Å². The van der Waals surface area contributed by atoms with Crippen LogP contribution in [0.4, 0.5) is 13.2 Å². The zero-order valence-electron chi connectivity index (χ0n) is 24.5. The molecule has 2 aromatic rings. The van der Waals surface area contributed by atoms with Crippen molar-refractivity contribution < 1.29 is 37.5 Å². The van der Waals surface area contributed by atoms with E-state index in [1.165, 1.54) is 23.2 Å². The van der Waals surface area contributed by atoms with Crippen LogP contribution >= 0.6 is 0 Å². The lowest BCUT2D eigenvalue weighted by Gasteiger charge is -2.39. The summed E-state index contributed by atoms with van der Waals surface area (Å²) in [6, 6.07) is 1.35. The molecule has 2 unspecified atom stereocenters. The number of imidazole rings is 1. The molecule has 3 rings (SSSR count). The van der Waals surface area contributed by atoms with Gasteiger partial charge in [-0.2, -0.15) is 0 Å². The van der Waals surface area contributed by atoms with Gasteiger partial charge in [0.1, 0.15) is 30.7 Å². The summed E-state index contributed by atoms with van der Waals surface area (Å²) in [5.41, 5.74) is -0.501. The molecule has 0 fully saturated rings. The van der Waals surface area contributed by atoms with E-state index in [-0.39, 0.29) is 60.7 Å². The molecule has 0 saturated heterocycles. The van der Waals surface area contributed by atoms with Crippen LogP contribution in [0, 0.1) is 17.0 Å². The quantitative estimate of drug-likeness (QED) is 0.210. The number of nitrogens with zero attached hydrogens (tertiary/aromatic N) is 3. The SMILES string of the molecule is CC(C)(C)C(c1ncc(-c2cc(F)ccc2F)[nH]1)N(CCC(CF)NC(=O)CCCCCN1C(=O)C=CC1=O)C(=O)CO. The van der Waals surface area contributed by atoms with Crippen LogP contribution in [-0.4, -0.2) is 80.9 Å². The molecule has 0 saturated carbocycles. The monoisotopic (exact) mass is 605 g/mol. The number of nitrogens with one attached hydrogen (secondary N) is 2. The van der Waals surface area contributed by atoms with Gasteiger partial charge in [0.05, 0.1) is 24.0 Å². The van der Waals surface area contributed by atoms with Crippen molar-refractivity contribution in [3.63, 3.8) is 0 Å². The van der Waals surface area contributed by atoms with Crippen LogP contribution in [0.5, 0.6) is 0 Å². The highest BCUT2D eigenvalue weighted by molar-refractivity contribution is 6.12. The Morgan fingerprint density at radius 3 is 2.44 bits per heavy atom. The molecule has 43 heavy (non-hydrogen) atoms. The molecule has 13 heteroatoms. The number of amides is 4.